The van der Waals surface area contributed by atoms with Crippen molar-refractivity contribution in [2.24, 2.45) is 0 Å². The van der Waals surface area contributed by atoms with Crippen molar-refractivity contribution in [2.45, 2.75) is 39.0 Å². The van der Waals surface area contributed by atoms with E-state index in [0.29, 0.717) is 11.7 Å². The number of aromatic hydroxyl groups is 1. The van der Waals surface area contributed by atoms with Gasteiger partial charge in [-0.15, -0.1) is 0 Å². The summed E-state index contributed by atoms with van der Waals surface area (Å²) in [6.45, 7) is 8.88. The van der Waals surface area contributed by atoms with E-state index in [9.17, 15) is 5.11 Å². The van der Waals surface area contributed by atoms with Gasteiger partial charge in [0.05, 0.1) is 0 Å². The molecule has 1 N–H and O–H groups in total. The maximum Gasteiger partial charge on any atom is 0.115 e. The van der Waals surface area contributed by atoms with Crippen molar-refractivity contribution >= 4 is 0 Å². The molecule has 1 unspecified atom stereocenters. The fourth-order valence-electron chi connectivity index (χ4n) is 2.23. The Hall–Kier alpha value is -1.76. The number of phenolic OH excluding ortho intramolecular Hbond substituents is 1. The highest BCUT2D eigenvalue weighted by Gasteiger charge is 2.14. The summed E-state index contributed by atoms with van der Waals surface area (Å²) in [5.41, 5.74) is 4.08. The molecule has 0 spiro atoms. The molecular weight excluding hydrogens is 232 g/mol. The number of hydrogen-bond donors (Lipinski definition) is 1. The zero-order chi connectivity index (χ0) is 14.0. The summed E-state index contributed by atoms with van der Waals surface area (Å²) in [7, 11) is 0. The van der Waals surface area contributed by atoms with Gasteiger partial charge in [0, 0.05) is 5.92 Å². The summed E-state index contributed by atoms with van der Waals surface area (Å²) in [6, 6.07) is 16.3. The third-order valence-corrected chi connectivity index (χ3v) is 3.67. The lowest BCUT2D eigenvalue weighted by Gasteiger charge is -2.20. The van der Waals surface area contributed by atoms with Crippen LogP contribution < -0.4 is 0 Å². The molecule has 0 heterocycles. The van der Waals surface area contributed by atoms with Gasteiger partial charge in [-0.05, 0) is 34.2 Å². The van der Waals surface area contributed by atoms with Crippen LogP contribution >= 0.6 is 0 Å². The van der Waals surface area contributed by atoms with Crippen molar-refractivity contribution in [3.05, 3.63) is 65.2 Å². The monoisotopic (exact) mass is 254 g/mol. The molecular formula is C18H22O. The highest BCUT2D eigenvalue weighted by atomic mass is 16.3. The topological polar surface area (TPSA) is 20.2 Å². The van der Waals surface area contributed by atoms with E-state index in [0.717, 1.165) is 0 Å². The SMILES string of the molecule is CC(c1ccc(O)cc1)c1ccc(C(C)(C)C)cc1. The van der Waals surface area contributed by atoms with Crippen LogP contribution in [0.5, 0.6) is 5.75 Å². The molecule has 0 saturated heterocycles. The molecule has 0 saturated carbocycles. The van der Waals surface area contributed by atoms with Gasteiger partial charge in [0.1, 0.15) is 5.75 Å². The first kappa shape index (κ1) is 13.7. The van der Waals surface area contributed by atoms with Crippen LogP contribution in [0.1, 0.15) is 50.3 Å². The van der Waals surface area contributed by atoms with Crippen LogP contribution in [-0.4, -0.2) is 5.11 Å². The van der Waals surface area contributed by atoms with Gasteiger partial charge in [-0.1, -0.05) is 64.1 Å². The first-order valence-corrected chi connectivity index (χ1v) is 6.77. The average molecular weight is 254 g/mol. The first-order chi connectivity index (χ1) is 8.88. The van der Waals surface area contributed by atoms with E-state index >= 15 is 0 Å². The molecule has 100 valence electrons. The van der Waals surface area contributed by atoms with E-state index in [1.807, 2.05) is 12.1 Å². The Morgan fingerprint density at radius 2 is 1.21 bits per heavy atom. The fraction of sp³-hybridized carbons (Fsp3) is 0.333. The van der Waals surface area contributed by atoms with Crippen LogP contribution in [-0.2, 0) is 5.41 Å². The Bertz CT molecular complexity index is 529. The van der Waals surface area contributed by atoms with Crippen LogP contribution in [0.25, 0.3) is 0 Å². The van der Waals surface area contributed by atoms with Crippen molar-refractivity contribution < 1.29 is 5.11 Å². The minimum Gasteiger partial charge on any atom is -0.508 e. The number of rotatable bonds is 2. The summed E-state index contributed by atoms with van der Waals surface area (Å²) < 4.78 is 0. The van der Waals surface area contributed by atoms with E-state index < -0.39 is 0 Å². The van der Waals surface area contributed by atoms with Crippen LogP contribution in [0.4, 0.5) is 0 Å². The number of benzene rings is 2. The Balaban J connectivity index is 2.25. The summed E-state index contributed by atoms with van der Waals surface area (Å²) in [6.07, 6.45) is 0. The van der Waals surface area contributed by atoms with Crippen LogP contribution in [0.2, 0.25) is 0 Å². The molecule has 0 fully saturated rings. The Labute approximate surface area is 115 Å². The average Bonchev–Trinajstić information content (AvgIpc) is 2.38. The van der Waals surface area contributed by atoms with Crippen molar-refractivity contribution in [1.82, 2.24) is 0 Å². The van der Waals surface area contributed by atoms with Gasteiger partial charge in [0.2, 0.25) is 0 Å². The predicted octanol–water partition coefficient (Wildman–Crippen LogP) is 4.84. The highest BCUT2D eigenvalue weighted by Crippen LogP contribution is 2.28. The van der Waals surface area contributed by atoms with Gasteiger partial charge in [-0.25, -0.2) is 0 Å². The minimum atomic E-state index is 0.195. The molecule has 2 aromatic carbocycles. The number of phenols is 1. The minimum absolute atomic E-state index is 0.195. The van der Waals surface area contributed by atoms with Crippen molar-refractivity contribution in [2.75, 3.05) is 0 Å². The van der Waals surface area contributed by atoms with Gasteiger partial charge >= 0.3 is 0 Å². The van der Waals surface area contributed by atoms with Gasteiger partial charge < -0.3 is 5.11 Å². The molecule has 1 nitrogen and oxygen atoms in total. The molecule has 0 aliphatic rings. The van der Waals surface area contributed by atoms with Crippen LogP contribution in [0.15, 0.2) is 48.5 Å². The van der Waals surface area contributed by atoms with E-state index in [1.165, 1.54) is 16.7 Å². The highest BCUT2D eigenvalue weighted by molar-refractivity contribution is 5.37. The molecule has 2 rings (SSSR count). The van der Waals surface area contributed by atoms with Gasteiger partial charge in [0.15, 0.2) is 0 Å². The van der Waals surface area contributed by atoms with E-state index in [4.69, 9.17) is 0 Å². The molecule has 1 atom stereocenters. The zero-order valence-electron chi connectivity index (χ0n) is 12.1. The normalized spacial score (nSPS) is 13.3. The van der Waals surface area contributed by atoms with E-state index in [2.05, 4.69) is 52.0 Å². The van der Waals surface area contributed by atoms with Crippen molar-refractivity contribution in [3.8, 4) is 5.75 Å². The van der Waals surface area contributed by atoms with E-state index in [-0.39, 0.29) is 5.41 Å². The quantitative estimate of drug-likeness (QED) is 0.813. The summed E-state index contributed by atoms with van der Waals surface area (Å²) in [4.78, 5) is 0. The molecule has 0 aliphatic carbocycles. The second-order valence-electron chi connectivity index (χ2n) is 6.19. The molecule has 0 bridgehead atoms. The van der Waals surface area contributed by atoms with Crippen LogP contribution in [0, 0.1) is 0 Å². The van der Waals surface area contributed by atoms with E-state index in [1.54, 1.807) is 12.1 Å². The van der Waals surface area contributed by atoms with Crippen molar-refractivity contribution in [1.29, 1.82) is 0 Å². The van der Waals surface area contributed by atoms with Gasteiger partial charge in [-0.2, -0.15) is 0 Å². The predicted molar refractivity (Wildman–Crippen MR) is 80.8 cm³/mol. The second kappa shape index (κ2) is 5.08. The van der Waals surface area contributed by atoms with Gasteiger partial charge in [0.25, 0.3) is 0 Å². The molecule has 0 aliphatic heterocycles. The fourth-order valence-corrected chi connectivity index (χ4v) is 2.23. The lowest BCUT2D eigenvalue weighted by molar-refractivity contribution is 0.475. The maximum absolute atomic E-state index is 9.33. The smallest absolute Gasteiger partial charge is 0.115 e. The lowest BCUT2D eigenvalue weighted by atomic mass is 9.85. The third kappa shape index (κ3) is 3.17. The maximum atomic E-state index is 9.33. The Morgan fingerprint density at radius 3 is 1.63 bits per heavy atom. The summed E-state index contributed by atoms with van der Waals surface area (Å²) >= 11 is 0. The Kier molecular flexibility index (Phi) is 3.66. The first-order valence-electron chi connectivity index (χ1n) is 6.77. The summed E-state index contributed by atoms with van der Waals surface area (Å²) in [5.74, 6) is 0.661. The molecule has 1 heteroatoms. The largest absolute Gasteiger partial charge is 0.508 e. The van der Waals surface area contributed by atoms with Crippen LogP contribution in [0.3, 0.4) is 0 Å². The van der Waals surface area contributed by atoms with Crippen molar-refractivity contribution in [3.63, 3.8) is 0 Å². The second-order valence-corrected chi connectivity index (χ2v) is 6.19. The molecule has 0 aromatic heterocycles. The molecule has 2 aromatic rings. The van der Waals surface area contributed by atoms with Gasteiger partial charge in [-0.3, -0.25) is 0 Å². The molecule has 0 amide bonds. The Morgan fingerprint density at radius 1 is 0.789 bits per heavy atom. The zero-order valence-corrected chi connectivity index (χ0v) is 12.1. The molecule has 0 radical (unpaired) electrons. The standard InChI is InChI=1S/C18H22O/c1-13(15-7-11-17(19)12-8-15)14-5-9-16(10-6-14)18(2,3)4/h5-13,19H,1-4H3. The summed E-state index contributed by atoms with van der Waals surface area (Å²) in [5, 5.41) is 9.33. The molecule has 19 heavy (non-hydrogen) atoms. The lowest BCUT2D eigenvalue weighted by Crippen LogP contribution is -2.11. The third-order valence-electron chi connectivity index (χ3n) is 3.67. The number of hydrogen-bond acceptors (Lipinski definition) is 1.